The number of hydrogen-bond donors (Lipinski definition) is 1. The van der Waals surface area contributed by atoms with Crippen LogP contribution in [0.4, 0.5) is 0 Å². The third kappa shape index (κ3) is 8.29. The molecule has 0 aliphatic carbocycles. The van der Waals surface area contributed by atoms with E-state index in [9.17, 15) is 9.59 Å². The van der Waals surface area contributed by atoms with Crippen LogP contribution in [0.2, 0.25) is 0 Å². The Balaban J connectivity index is 2.05. The number of thioether (sulfide) groups is 1. The number of carbonyl (C=O) groups is 2. The van der Waals surface area contributed by atoms with E-state index in [1.165, 1.54) is 5.56 Å². The molecular formula is C25H34N2O3S. The smallest absolute Gasteiger partial charge is 0.242 e. The Morgan fingerprint density at radius 3 is 2.26 bits per heavy atom. The molecule has 2 aromatic rings. The Bertz CT molecular complexity index is 835. The van der Waals surface area contributed by atoms with Crippen LogP contribution >= 0.6 is 11.8 Å². The van der Waals surface area contributed by atoms with Crippen LogP contribution in [0.25, 0.3) is 0 Å². The number of nitrogens with one attached hydrogen (secondary N) is 1. The molecule has 2 rings (SSSR count). The van der Waals surface area contributed by atoms with E-state index in [0.29, 0.717) is 31.2 Å². The first kappa shape index (κ1) is 24.8. The molecule has 6 heteroatoms. The van der Waals surface area contributed by atoms with Gasteiger partial charge >= 0.3 is 0 Å². The molecule has 0 saturated carbocycles. The summed E-state index contributed by atoms with van der Waals surface area (Å²) in [7, 11) is 1.62. The lowest BCUT2D eigenvalue weighted by atomic mass is 10.1. The van der Waals surface area contributed by atoms with E-state index < -0.39 is 6.04 Å². The lowest BCUT2D eigenvalue weighted by molar-refractivity contribution is -0.140. The molecule has 0 unspecified atom stereocenters. The second kappa shape index (κ2) is 12.4. The van der Waals surface area contributed by atoms with Gasteiger partial charge in [0.25, 0.3) is 0 Å². The monoisotopic (exact) mass is 442 g/mol. The number of aryl methyl sites for hydroxylation is 1. The van der Waals surface area contributed by atoms with E-state index >= 15 is 0 Å². The Labute approximate surface area is 190 Å². The third-order valence-corrected chi connectivity index (χ3v) is 5.98. The molecule has 5 nitrogen and oxygen atoms in total. The zero-order valence-corrected chi connectivity index (χ0v) is 20.0. The summed E-state index contributed by atoms with van der Waals surface area (Å²) in [6, 6.07) is 15.3. The molecule has 168 valence electrons. The van der Waals surface area contributed by atoms with Crippen LogP contribution in [0.3, 0.4) is 0 Å². The zero-order valence-electron chi connectivity index (χ0n) is 19.2. The van der Waals surface area contributed by atoms with Gasteiger partial charge in [-0.25, -0.2) is 0 Å². The fourth-order valence-corrected chi connectivity index (χ4v) is 3.84. The van der Waals surface area contributed by atoms with E-state index in [0.717, 1.165) is 16.2 Å². The summed E-state index contributed by atoms with van der Waals surface area (Å²) in [5.41, 5.74) is 2.18. The molecular weight excluding hydrogens is 408 g/mol. The molecule has 0 radical (unpaired) electrons. The summed E-state index contributed by atoms with van der Waals surface area (Å²) in [6.45, 7) is 8.93. The Kier molecular flexibility index (Phi) is 9.92. The summed E-state index contributed by atoms with van der Waals surface area (Å²) in [4.78, 5) is 28.6. The number of carbonyl (C=O) groups excluding carboxylic acids is 2. The molecule has 0 fully saturated rings. The summed E-state index contributed by atoms with van der Waals surface area (Å²) in [5.74, 6) is 1.64. The highest BCUT2D eigenvalue weighted by molar-refractivity contribution is 7.99. The second-order valence-electron chi connectivity index (χ2n) is 8.10. The predicted octanol–water partition coefficient (Wildman–Crippen LogP) is 4.68. The maximum atomic E-state index is 13.1. The molecule has 0 aliphatic rings. The number of amides is 2. The van der Waals surface area contributed by atoms with Crippen molar-refractivity contribution in [2.45, 2.75) is 51.6 Å². The number of methoxy groups -OCH3 is 1. The summed E-state index contributed by atoms with van der Waals surface area (Å²) < 4.78 is 5.22. The Hall–Kier alpha value is -2.47. The van der Waals surface area contributed by atoms with Crippen molar-refractivity contribution in [2.75, 3.05) is 19.4 Å². The van der Waals surface area contributed by atoms with Gasteiger partial charge in [-0.05, 0) is 49.6 Å². The number of ether oxygens (including phenoxy) is 1. The minimum atomic E-state index is -0.544. The summed E-state index contributed by atoms with van der Waals surface area (Å²) in [5, 5.41) is 2.95. The van der Waals surface area contributed by atoms with Gasteiger partial charge in [0.2, 0.25) is 11.8 Å². The van der Waals surface area contributed by atoms with Gasteiger partial charge in [-0.3, -0.25) is 9.59 Å². The fraction of sp³-hybridized carbons (Fsp3) is 0.440. The van der Waals surface area contributed by atoms with Crippen molar-refractivity contribution in [3.05, 3.63) is 59.7 Å². The zero-order chi connectivity index (χ0) is 22.8. The van der Waals surface area contributed by atoms with E-state index in [-0.39, 0.29) is 11.8 Å². The third-order valence-electron chi connectivity index (χ3n) is 4.97. The lowest BCUT2D eigenvalue weighted by Crippen LogP contribution is -2.48. The molecule has 1 N–H and O–H groups in total. The molecule has 0 aromatic heterocycles. The van der Waals surface area contributed by atoms with Crippen LogP contribution in [0.1, 0.15) is 38.3 Å². The van der Waals surface area contributed by atoms with Gasteiger partial charge in [0.1, 0.15) is 11.8 Å². The van der Waals surface area contributed by atoms with E-state index in [2.05, 4.69) is 36.5 Å². The largest absolute Gasteiger partial charge is 0.497 e. The van der Waals surface area contributed by atoms with Crippen LogP contribution in [-0.4, -0.2) is 42.2 Å². The first-order valence-corrected chi connectivity index (χ1v) is 11.7. The van der Waals surface area contributed by atoms with Crippen LogP contribution < -0.4 is 10.1 Å². The average molecular weight is 443 g/mol. The van der Waals surface area contributed by atoms with Crippen molar-refractivity contribution in [1.29, 1.82) is 0 Å². The maximum Gasteiger partial charge on any atom is 0.242 e. The van der Waals surface area contributed by atoms with Gasteiger partial charge < -0.3 is 15.0 Å². The topological polar surface area (TPSA) is 58.6 Å². The van der Waals surface area contributed by atoms with Gasteiger partial charge in [0.05, 0.1) is 7.11 Å². The van der Waals surface area contributed by atoms with Gasteiger partial charge in [-0.2, -0.15) is 0 Å². The lowest BCUT2D eigenvalue weighted by Gasteiger charge is -2.29. The van der Waals surface area contributed by atoms with Crippen molar-refractivity contribution in [1.82, 2.24) is 10.2 Å². The molecule has 0 heterocycles. The molecule has 2 amide bonds. The minimum absolute atomic E-state index is 0.0253. The van der Waals surface area contributed by atoms with E-state index in [1.54, 1.807) is 30.7 Å². The molecule has 0 aliphatic heterocycles. The van der Waals surface area contributed by atoms with Gasteiger partial charge in [-0.1, -0.05) is 43.7 Å². The van der Waals surface area contributed by atoms with Crippen LogP contribution in [0.15, 0.2) is 53.4 Å². The van der Waals surface area contributed by atoms with Gasteiger partial charge in [0.15, 0.2) is 0 Å². The van der Waals surface area contributed by atoms with Crippen molar-refractivity contribution in [2.24, 2.45) is 5.92 Å². The maximum absolute atomic E-state index is 13.1. The molecule has 0 bridgehead atoms. The molecule has 31 heavy (non-hydrogen) atoms. The number of hydrogen-bond acceptors (Lipinski definition) is 4. The van der Waals surface area contributed by atoms with Crippen LogP contribution in [0.5, 0.6) is 5.75 Å². The normalized spacial score (nSPS) is 11.8. The van der Waals surface area contributed by atoms with E-state index in [1.807, 2.05) is 38.1 Å². The van der Waals surface area contributed by atoms with Crippen molar-refractivity contribution < 1.29 is 14.3 Å². The van der Waals surface area contributed by atoms with Gasteiger partial charge in [-0.15, -0.1) is 11.8 Å². The second-order valence-corrected chi connectivity index (χ2v) is 9.26. The number of benzene rings is 2. The predicted molar refractivity (Wildman–Crippen MR) is 127 cm³/mol. The quantitative estimate of drug-likeness (QED) is 0.514. The molecule has 2 aromatic carbocycles. The molecule has 1 atom stereocenters. The van der Waals surface area contributed by atoms with Crippen molar-refractivity contribution in [3.63, 3.8) is 0 Å². The molecule has 0 spiro atoms. The minimum Gasteiger partial charge on any atom is -0.497 e. The van der Waals surface area contributed by atoms with Crippen LogP contribution in [0, 0.1) is 12.8 Å². The highest BCUT2D eigenvalue weighted by Crippen LogP contribution is 2.21. The van der Waals surface area contributed by atoms with Crippen molar-refractivity contribution in [3.8, 4) is 5.75 Å². The summed E-state index contributed by atoms with van der Waals surface area (Å²) in [6.07, 6.45) is 0.372. The standard InChI is InChI=1S/C25H34N2O3S/c1-18(2)16-26-25(29)20(4)27(17-21-8-10-22(30-5)11-9-21)24(28)14-15-31-23-12-6-19(3)7-13-23/h6-13,18,20H,14-17H2,1-5H3,(H,26,29)/t20-/m1/s1. The van der Waals surface area contributed by atoms with Crippen molar-refractivity contribution >= 4 is 23.6 Å². The molecule has 0 saturated heterocycles. The Morgan fingerprint density at radius 1 is 1.03 bits per heavy atom. The van der Waals surface area contributed by atoms with Crippen LogP contribution in [-0.2, 0) is 16.1 Å². The van der Waals surface area contributed by atoms with Gasteiger partial charge in [0, 0.05) is 30.2 Å². The Morgan fingerprint density at radius 2 is 1.68 bits per heavy atom. The number of rotatable bonds is 11. The SMILES string of the molecule is COc1ccc(CN(C(=O)CCSc2ccc(C)cc2)[C@H](C)C(=O)NCC(C)C)cc1. The summed E-state index contributed by atoms with van der Waals surface area (Å²) >= 11 is 1.66. The fourth-order valence-electron chi connectivity index (χ4n) is 3.00. The first-order chi connectivity index (χ1) is 14.8. The highest BCUT2D eigenvalue weighted by Gasteiger charge is 2.26. The van der Waals surface area contributed by atoms with E-state index in [4.69, 9.17) is 4.74 Å². The average Bonchev–Trinajstić information content (AvgIpc) is 2.77. The highest BCUT2D eigenvalue weighted by atomic mass is 32.2. The number of nitrogens with zero attached hydrogens (tertiary/aromatic N) is 1. The first-order valence-electron chi connectivity index (χ1n) is 10.7.